The van der Waals surface area contributed by atoms with Crippen LogP contribution in [0.3, 0.4) is 0 Å². The molecule has 0 saturated carbocycles. The molecule has 0 amide bonds. The number of hydrogen-bond acceptors (Lipinski definition) is 10. The summed E-state index contributed by atoms with van der Waals surface area (Å²) in [5.74, 6) is 0.632. The average molecular weight is 463 g/mol. The molecule has 186 valence electrons. The molecule has 0 aromatic heterocycles. The molecule has 0 saturated heterocycles. The lowest BCUT2D eigenvalue weighted by Crippen LogP contribution is -2.34. The highest BCUT2D eigenvalue weighted by Gasteiger charge is 2.20. The molecule has 1 aromatic carbocycles. The lowest BCUT2D eigenvalue weighted by molar-refractivity contribution is -0.343. The summed E-state index contributed by atoms with van der Waals surface area (Å²) in [6, 6.07) is 9.11. The van der Waals surface area contributed by atoms with Crippen LogP contribution in [0.15, 0.2) is 30.3 Å². The van der Waals surface area contributed by atoms with Crippen molar-refractivity contribution in [1.29, 1.82) is 0 Å². The van der Waals surface area contributed by atoms with Crippen LogP contribution in [0.2, 0.25) is 0 Å². The SMILES string of the molecule is CC(O)OC(C)OC(C)OC(C)OC(C)OC(C)OC(C)OC(O)COc1ccccc1. The fourth-order valence-corrected chi connectivity index (χ4v) is 2.76. The van der Waals surface area contributed by atoms with Crippen LogP contribution in [0.5, 0.6) is 5.75 Å². The van der Waals surface area contributed by atoms with Gasteiger partial charge in [0.25, 0.3) is 0 Å². The van der Waals surface area contributed by atoms with E-state index in [0.717, 1.165) is 0 Å². The zero-order chi connectivity index (χ0) is 24.1. The molecule has 10 nitrogen and oxygen atoms in total. The van der Waals surface area contributed by atoms with Crippen LogP contribution in [-0.4, -0.2) is 67.1 Å². The summed E-state index contributed by atoms with van der Waals surface area (Å²) in [5, 5.41) is 19.1. The van der Waals surface area contributed by atoms with Gasteiger partial charge >= 0.3 is 0 Å². The molecule has 0 aliphatic rings. The smallest absolute Gasteiger partial charge is 0.192 e. The maximum absolute atomic E-state index is 9.95. The van der Waals surface area contributed by atoms with E-state index < -0.39 is 50.3 Å². The monoisotopic (exact) mass is 462 g/mol. The Morgan fingerprint density at radius 1 is 0.562 bits per heavy atom. The minimum atomic E-state index is -1.17. The van der Waals surface area contributed by atoms with Crippen molar-refractivity contribution in [3.05, 3.63) is 30.3 Å². The fraction of sp³-hybridized carbons (Fsp3) is 0.727. The summed E-state index contributed by atoms with van der Waals surface area (Å²) in [4.78, 5) is 0. The molecular weight excluding hydrogens is 424 g/mol. The first-order chi connectivity index (χ1) is 15.0. The molecule has 8 unspecified atom stereocenters. The zero-order valence-electron chi connectivity index (χ0n) is 19.9. The van der Waals surface area contributed by atoms with E-state index in [1.807, 2.05) is 18.2 Å². The summed E-state index contributed by atoms with van der Waals surface area (Å²) in [6.07, 6.45) is -6.10. The van der Waals surface area contributed by atoms with Crippen molar-refractivity contribution in [3.8, 4) is 5.75 Å². The zero-order valence-corrected chi connectivity index (χ0v) is 19.9. The molecule has 0 heterocycles. The number of ether oxygens (including phenoxy) is 8. The Morgan fingerprint density at radius 3 is 1.34 bits per heavy atom. The Hall–Kier alpha value is -1.34. The van der Waals surface area contributed by atoms with Gasteiger partial charge in [0.1, 0.15) is 12.4 Å². The number of rotatable bonds is 17. The van der Waals surface area contributed by atoms with Gasteiger partial charge in [-0.15, -0.1) is 0 Å². The van der Waals surface area contributed by atoms with Gasteiger partial charge in [0.2, 0.25) is 0 Å². The first kappa shape index (κ1) is 28.7. The van der Waals surface area contributed by atoms with Gasteiger partial charge in [-0.2, -0.15) is 0 Å². The van der Waals surface area contributed by atoms with Crippen molar-refractivity contribution < 1.29 is 48.1 Å². The highest BCUT2D eigenvalue weighted by molar-refractivity contribution is 5.20. The van der Waals surface area contributed by atoms with E-state index in [4.69, 9.17) is 37.9 Å². The van der Waals surface area contributed by atoms with Gasteiger partial charge in [-0.1, -0.05) is 18.2 Å². The molecule has 0 spiro atoms. The van der Waals surface area contributed by atoms with E-state index in [9.17, 15) is 10.2 Å². The van der Waals surface area contributed by atoms with Crippen LogP contribution in [0, 0.1) is 0 Å². The van der Waals surface area contributed by atoms with E-state index in [1.165, 1.54) is 6.92 Å². The van der Waals surface area contributed by atoms with Gasteiger partial charge in [0.15, 0.2) is 50.3 Å². The lowest BCUT2D eigenvalue weighted by atomic mass is 10.3. The van der Waals surface area contributed by atoms with Crippen LogP contribution in [0.4, 0.5) is 0 Å². The summed E-state index contributed by atoms with van der Waals surface area (Å²) >= 11 is 0. The maximum Gasteiger partial charge on any atom is 0.192 e. The van der Waals surface area contributed by atoms with E-state index in [1.54, 1.807) is 53.7 Å². The van der Waals surface area contributed by atoms with Gasteiger partial charge in [-0.05, 0) is 60.6 Å². The second kappa shape index (κ2) is 15.5. The number of benzene rings is 1. The average Bonchev–Trinajstić information content (AvgIpc) is 2.65. The minimum absolute atomic E-state index is 0.0392. The first-order valence-electron chi connectivity index (χ1n) is 10.7. The predicted molar refractivity (Wildman–Crippen MR) is 114 cm³/mol. The van der Waals surface area contributed by atoms with Gasteiger partial charge in [0.05, 0.1) is 0 Å². The van der Waals surface area contributed by atoms with E-state index in [-0.39, 0.29) is 6.61 Å². The number of aliphatic hydroxyl groups excluding tert-OH is 2. The number of hydrogen-bond donors (Lipinski definition) is 2. The van der Waals surface area contributed by atoms with Gasteiger partial charge in [0, 0.05) is 0 Å². The largest absolute Gasteiger partial charge is 0.488 e. The standard InChI is InChI=1S/C22H38O10/c1-14(23)26-15(2)27-16(3)28-17(4)29-18(5)30-19(6)31-20(7)32-22(24)13-25-21-11-9-8-10-12-21/h8-12,14-20,22-24H,13H2,1-7H3. The molecule has 0 fully saturated rings. The van der Waals surface area contributed by atoms with Crippen molar-refractivity contribution in [2.45, 2.75) is 98.8 Å². The quantitative estimate of drug-likeness (QED) is 0.335. The topological polar surface area (TPSA) is 114 Å². The number of para-hydroxylation sites is 1. The molecule has 0 radical (unpaired) electrons. The minimum Gasteiger partial charge on any atom is -0.488 e. The van der Waals surface area contributed by atoms with Gasteiger partial charge in [-0.3, -0.25) is 0 Å². The molecule has 0 aliphatic carbocycles. The molecule has 32 heavy (non-hydrogen) atoms. The third kappa shape index (κ3) is 13.9. The fourth-order valence-electron chi connectivity index (χ4n) is 2.76. The molecule has 10 heteroatoms. The Labute approximate surface area is 190 Å². The molecule has 2 N–H and O–H groups in total. The van der Waals surface area contributed by atoms with Crippen molar-refractivity contribution in [1.82, 2.24) is 0 Å². The van der Waals surface area contributed by atoms with E-state index in [2.05, 4.69) is 0 Å². The Balaban J connectivity index is 2.24. The second-order valence-corrected chi connectivity index (χ2v) is 7.04. The highest BCUT2D eigenvalue weighted by atomic mass is 16.9. The van der Waals surface area contributed by atoms with E-state index in [0.29, 0.717) is 5.75 Å². The molecule has 1 aromatic rings. The van der Waals surface area contributed by atoms with Gasteiger partial charge < -0.3 is 48.1 Å². The van der Waals surface area contributed by atoms with Crippen molar-refractivity contribution in [2.75, 3.05) is 6.61 Å². The van der Waals surface area contributed by atoms with Crippen molar-refractivity contribution in [2.24, 2.45) is 0 Å². The van der Waals surface area contributed by atoms with E-state index >= 15 is 0 Å². The normalized spacial score (nSPS) is 19.4. The number of aliphatic hydroxyl groups is 2. The Bertz CT molecular complexity index is 587. The summed E-state index contributed by atoms with van der Waals surface area (Å²) < 4.78 is 43.6. The third-order valence-electron chi connectivity index (χ3n) is 3.79. The van der Waals surface area contributed by atoms with Crippen molar-refractivity contribution in [3.63, 3.8) is 0 Å². The molecule has 0 aliphatic heterocycles. The predicted octanol–water partition coefficient (Wildman–Crippen LogP) is 2.91. The Kier molecular flexibility index (Phi) is 13.9. The molecule has 1 rings (SSSR count). The third-order valence-corrected chi connectivity index (χ3v) is 3.79. The summed E-state index contributed by atoms with van der Waals surface area (Å²) in [7, 11) is 0. The van der Waals surface area contributed by atoms with Crippen LogP contribution in [-0.2, 0) is 33.2 Å². The van der Waals surface area contributed by atoms with Crippen LogP contribution in [0.1, 0.15) is 48.5 Å². The van der Waals surface area contributed by atoms with Crippen LogP contribution < -0.4 is 4.74 Å². The maximum atomic E-state index is 9.95. The molecule has 8 atom stereocenters. The first-order valence-corrected chi connectivity index (χ1v) is 10.7. The van der Waals surface area contributed by atoms with Crippen LogP contribution >= 0.6 is 0 Å². The molecular formula is C22H38O10. The van der Waals surface area contributed by atoms with Crippen molar-refractivity contribution >= 4 is 0 Å². The summed E-state index contributed by atoms with van der Waals surface area (Å²) in [5.41, 5.74) is 0. The highest BCUT2D eigenvalue weighted by Crippen LogP contribution is 2.13. The second-order valence-electron chi connectivity index (χ2n) is 7.04. The van der Waals surface area contributed by atoms with Crippen LogP contribution in [0.25, 0.3) is 0 Å². The Morgan fingerprint density at radius 2 is 0.938 bits per heavy atom. The van der Waals surface area contributed by atoms with Gasteiger partial charge in [-0.25, -0.2) is 0 Å². The summed E-state index contributed by atoms with van der Waals surface area (Å²) in [6.45, 7) is 11.5. The lowest BCUT2D eigenvalue weighted by Gasteiger charge is -2.27. The molecule has 0 bridgehead atoms.